The van der Waals surface area contributed by atoms with Crippen molar-refractivity contribution in [1.29, 1.82) is 0 Å². The van der Waals surface area contributed by atoms with Gasteiger partial charge in [-0.25, -0.2) is 5.48 Å². The number of carbonyl (C=O) groups is 4. The van der Waals surface area contributed by atoms with Crippen molar-refractivity contribution in [1.82, 2.24) is 16.1 Å². The summed E-state index contributed by atoms with van der Waals surface area (Å²) in [5, 5.41) is 14.6. The largest absolute Gasteiger partial charge is 0.508 e. The minimum Gasteiger partial charge on any atom is -0.508 e. The number of rotatable bonds is 14. The molecule has 40 heavy (non-hydrogen) atoms. The normalized spacial score (nSPS) is 12.9. The Kier molecular flexibility index (Phi) is 11.2. The number of phenols is 1. The predicted octanol–water partition coefficient (Wildman–Crippen LogP) is 0.250. The van der Waals surface area contributed by atoms with Gasteiger partial charge in [-0.3, -0.25) is 24.0 Å². The van der Waals surface area contributed by atoms with E-state index in [4.69, 9.17) is 16.3 Å². The highest BCUT2D eigenvalue weighted by Crippen LogP contribution is 2.11. The van der Waals surface area contributed by atoms with Crippen molar-refractivity contribution in [2.45, 2.75) is 37.4 Å². The third-order valence-electron chi connectivity index (χ3n) is 5.98. The number of phenolic OH excluding ortho intramolecular Hbond substituents is 1. The topological polar surface area (TPSA) is 186 Å². The summed E-state index contributed by atoms with van der Waals surface area (Å²) >= 11 is 0. The molecule has 8 N–H and O–H groups in total. The number of benzene rings is 3. The molecule has 0 saturated heterocycles. The van der Waals surface area contributed by atoms with E-state index in [-0.39, 0.29) is 25.0 Å². The van der Waals surface area contributed by atoms with E-state index in [9.17, 15) is 24.3 Å². The number of primary amides is 1. The molecule has 0 aliphatic carbocycles. The lowest BCUT2D eigenvalue weighted by atomic mass is 10.0. The zero-order valence-electron chi connectivity index (χ0n) is 21.8. The Hall–Kier alpha value is -4.74. The Morgan fingerprint density at radius 1 is 0.700 bits per heavy atom. The summed E-state index contributed by atoms with van der Waals surface area (Å²) in [6.45, 7) is -0.584. The molecule has 0 bridgehead atoms. The van der Waals surface area contributed by atoms with E-state index >= 15 is 0 Å². The van der Waals surface area contributed by atoms with Crippen LogP contribution in [-0.4, -0.2) is 53.5 Å². The molecule has 210 valence electrons. The molecule has 3 unspecified atom stereocenters. The summed E-state index contributed by atoms with van der Waals surface area (Å²) in [4.78, 5) is 55.1. The minimum absolute atomic E-state index is 0.0942. The predicted molar refractivity (Wildman–Crippen MR) is 147 cm³/mol. The van der Waals surface area contributed by atoms with E-state index < -0.39 is 48.4 Å². The summed E-state index contributed by atoms with van der Waals surface area (Å²) in [6, 6.07) is 21.3. The number of hydrogen-bond donors (Lipinski definition) is 6. The molecule has 0 aromatic heterocycles. The molecule has 0 heterocycles. The smallest absolute Gasteiger partial charge is 0.260 e. The number of carbonyl (C=O) groups excluding carboxylic acids is 4. The van der Waals surface area contributed by atoms with Crippen LogP contribution in [0.2, 0.25) is 0 Å². The van der Waals surface area contributed by atoms with Crippen LogP contribution < -0.4 is 27.6 Å². The van der Waals surface area contributed by atoms with Crippen molar-refractivity contribution in [3.63, 3.8) is 0 Å². The molecule has 4 amide bonds. The highest BCUT2D eigenvalue weighted by atomic mass is 16.7. The lowest BCUT2D eigenvalue weighted by Crippen LogP contribution is -2.55. The van der Waals surface area contributed by atoms with Crippen LogP contribution in [0.1, 0.15) is 16.7 Å². The quantitative estimate of drug-likeness (QED) is 0.156. The fraction of sp³-hybridized carbons (Fsp3) is 0.241. The Bertz CT molecular complexity index is 1270. The molecule has 3 atom stereocenters. The number of hydroxylamine groups is 1. The SMILES string of the molecule is NC(=O)C(Cc1ccccc1)NC(=O)C(Cc1ccccc1)NC(=O)CONC(=O)C(N)Cc1ccc(O)cc1. The molecular weight excluding hydrogens is 514 g/mol. The van der Waals surface area contributed by atoms with Crippen LogP contribution in [0.5, 0.6) is 5.75 Å². The van der Waals surface area contributed by atoms with Gasteiger partial charge in [0.25, 0.3) is 5.91 Å². The molecule has 3 rings (SSSR count). The number of aromatic hydroxyl groups is 1. The summed E-state index contributed by atoms with van der Waals surface area (Å²) in [7, 11) is 0. The van der Waals surface area contributed by atoms with Crippen molar-refractivity contribution in [3.05, 3.63) is 102 Å². The molecule has 11 nitrogen and oxygen atoms in total. The third kappa shape index (κ3) is 9.86. The molecular formula is C29H33N5O6. The first-order chi connectivity index (χ1) is 19.2. The van der Waals surface area contributed by atoms with Gasteiger partial charge in [-0.2, -0.15) is 0 Å². The second-order valence-electron chi connectivity index (χ2n) is 9.20. The summed E-state index contributed by atoms with van der Waals surface area (Å²) < 4.78 is 0. The highest BCUT2D eigenvalue weighted by Gasteiger charge is 2.26. The highest BCUT2D eigenvalue weighted by molar-refractivity contribution is 5.92. The van der Waals surface area contributed by atoms with E-state index in [2.05, 4.69) is 16.1 Å². The summed E-state index contributed by atoms with van der Waals surface area (Å²) in [5.41, 5.74) is 15.9. The molecule has 11 heteroatoms. The van der Waals surface area contributed by atoms with Crippen LogP contribution in [-0.2, 0) is 43.3 Å². The third-order valence-corrected chi connectivity index (χ3v) is 5.98. The fourth-order valence-corrected chi connectivity index (χ4v) is 3.87. The number of hydrogen-bond acceptors (Lipinski definition) is 7. The lowest BCUT2D eigenvalue weighted by Gasteiger charge is -2.22. The van der Waals surface area contributed by atoms with Crippen LogP contribution in [0.4, 0.5) is 0 Å². The lowest BCUT2D eigenvalue weighted by molar-refractivity contribution is -0.141. The van der Waals surface area contributed by atoms with Crippen molar-refractivity contribution in [2.24, 2.45) is 11.5 Å². The standard InChI is InChI=1S/C29H33N5O6/c30-23(15-21-11-13-22(35)14-12-21)28(38)34-40-18-26(36)32-25(17-20-9-5-2-6-10-20)29(39)33-24(27(31)37)16-19-7-3-1-4-8-19/h1-14,23-25,35H,15-18,30H2,(H2,31,37)(H,32,36)(H,33,39)(H,34,38). The van der Waals surface area contributed by atoms with Crippen molar-refractivity contribution < 1.29 is 29.1 Å². The van der Waals surface area contributed by atoms with E-state index in [1.165, 1.54) is 12.1 Å². The van der Waals surface area contributed by atoms with Crippen LogP contribution in [0.15, 0.2) is 84.9 Å². The second-order valence-corrected chi connectivity index (χ2v) is 9.20. The average molecular weight is 548 g/mol. The molecule has 3 aromatic rings. The van der Waals surface area contributed by atoms with E-state index in [1.807, 2.05) is 36.4 Å². The second kappa shape index (κ2) is 15.0. The first kappa shape index (κ1) is 29.8. The monoisotopic (exact) mass is 547 g/mol. The Labute approximate surface area is 231 Å². The van der Waals surface area contributed by atoms with Crippen LogP contribution in [0.3, 0.4) is 0 Å². The van der Waals surface area contributed by atoms with E-state index in [1.54, 1.807) is 36.4 Å². The maximum absolute atomic E-state index is 13.2. The molecule has 0 fully saturated rings. The molecule has 0 saturated carbocycles. The van der Waals surface area contributed by atoms with Gasteiger partial charge in [0, 0.05) is 12.8 Å². The van der Waals surface area contributed by atoms with Gasteiger partial charge in [-0.05, 0) is 35.2 Å². The minimum atomic E-state index is -1.05. The first-order valence-corrected chi connectivity index (χ1v) is 12.6. The van der Waals surface area contributed by atoms with Crippen molar-refractivity contribution in [2.75, 3.05) is 6.61 Å². The molecule has 0 aliphatic rings. The zero-order chi connectivity index (χ0) is 28.9. The Morgan fingerprint density at radius 2 is 1.23 bits per heavy atom. The van der Waals surface area contributed by atoms with Gasteiger partial charge in [0.05, 0.1) is 6.04 Å². The first-order valence-electron chi connectivity index (χ1n) is 12.6. The van der Waals surface area contributed by atoms with Gasteiger partial charge in [0.1, 0.15) is 17.8 Å². The van der Waals surface area contributed by atoms with Crippen LogP contribution in [0.25, 0.3) is 0 Å². The van der Waals surface area contributed by atoms with Gasteiger partial charge in [0.15, 0.2) is 6.61 Å². The van der Waals surface area contributed by atoms with Crippen LogP contribution in [0, 0.1) is 0 Å². The number of nitrogens with one attached hydrogen (secondary N) is 3. The number of amides is 4. The molecule has 3 aromatic carbocycles. The number of nitrogens with two attached hydrogens (primary N) is 2. The Balaban J connectivity index is 1.56. The maximum Gasteiger partial charge on any atom is 0.260 e. The van der Waals surface area contributed by atoms with E-state index in [0.29, 0.717) is 0 Å². The average Bonchev–Trinajstić information content (AvgIpc) is 2.94. The van der Waals surface area contributed by atoms with Gasteiger partial charge in [-0.15, -0.1) is 0 Å². The van der Waals surface area contributed by atoms with Gasteiger partial charge >= 0.3 is 0 Å². The van der Waals surface area contributed by atoms with Gasteiger partial charge in [0.2, 0.25) is 17.7 Å². The maximum atomic E-state index is 13.2. The fourth-order valence-electron chi connectivity index (χ4n) is 3.87. The van der Waals surface area contributed by atoms with E-state index in [0.717, 1.165) is 16.7 Å². The van der Waals surface area contributed by atoms with Crippen molar-refractivity contribution >= 4 is 23.6 Å². The van der Waals surface area contributed by atoms with Crippen LogP contribution >= 0.6 is 0 Å². The molecule has 0 spiro atoms. The summed E-state index contributed by atoms with van der Waals surface area (Å²) in [5.74, 6) is -2.54. The molecule has 0 aliphatic heterocycles. The summed E-state index contributed by atoms with van der Waals surface area (Å²) in [6.07, 6.45) is 0.511. The van der Waals surface area contributed by atoms with Gasteiger partial charge in [-0.1, -0.05) is 72.8 Å². The zero-order valence-corrected chi connectivity index (χ0v) is 21.8. The molecule has 0 radical (unpaired) electrons. The van der Waals surface area contributed by atoms with Crippen molar-refractivity contribution in [3.8, 4) is 5.75 Å². The Morgan fingerprint density at radius 3 is 1.77 bits per heavy atom. The van der Waals surface area contributed by atoms with Gasteiger partial charge < -0.3 is 27.2 Å².